The van der Waals surface area contributed by atoms with Crippen molar-refractivity contribution in [1.29, 1.82) is 0 Å². The number of amides is 2. The zero-order chi connectivity index (χ0) is 23.3. The fourth-order valence-corrected chi connectivity index (χ4v) is 4.20. The summed E-state index contributed by atoms with van der Waals surface area (Å²) in [5.74, 6) is 0.0625. The molecule has 0 atom stereocenters. The molecule has 2 aromatic rings. The maximum atomic E-state index is 12.2. The fraction of sp³-hybridized carbons (Fsp3) is 0.150. The second-order valence-electron chi connectivity index (χ2n) is 6.40. The predicted octanol–water partition coefficient (Wildman–Crippen LogP) is 2.24. The molecule has 168 valence electrons. The standard InChI is InChI=1S/C20H19N3O6S3/c1-2-28-16-9-12(10-17-19(25)23-20(30)31-17)3-8-15(16)29-11-18(24)22-13-4-6-14(7-5-13)32(21,26)27/h3-10H,2,11H2,1H3,(H,22,24)(H2,21,26,27)(H,23,25,30)/b17-10-. The van der Waals surface area contributed by atoms with Crippen molar-refractivity contribution in [3.8, 4) is 11.5 Å². The molecule has 0 aromatic heterocycles. The number of benzene rings is 2. The third-order valence-corrected chi connectivity index (χ3v) is 6.12. The topological polar surface area (TPSA) is 137 Å². The lowest BCUT2D eigenvalue weighted by Crippen LogP contribution is -2.20. The minimum Gasteiger partial charge on any atom is -0.490 e. The summed E-state index contributed by atoms with van der Waals surface area (Å²) >= 11 is 6.16. The Kier molecular flexibility index (Phi) is 7.51. The van der Waals surface area contributed by atoms with Crippen LogP contribution in [0, 0.1) is 0 Å². The van der Waals surface area contributed by atoms with Crippen LogP contribution in [0.4, 0.5) is 5.69 Å². The van der Waals surface area contributed by atoms with E-state index in [0.717, 1.165) is 0 Å². The smallest absolute Gasteiger partial charge is 0.263 e. The van der Waals surface area contributed by atoms with Crippen LogP contribution in [0.25, 0.3) is 6.08 Å². The van der Waals surface area contributed by atoms with Gasteiger partial charge in [-0.3, -0.25) is 9.59 Å². The van der Waals surface area contributed by atoms with Crippen LogP contribution in [0.1, 0.15) is 12.5 Å². The molecule has 0 unspecified atom stereocenters. The number of carbonyl (C=O) groups is 2. The van der Waals surface area contributed by atoms with Crippen molar-refractivity contribution in [2.24, 2.45) is 5.14 Å². The molecular weight excluding hydrogens is 474 g/mol. The molecule has 1 saturated heterocycles. The van der Waals surface area contributed by atoms with E-state index < -0.39 is 15.9 Å². The van der Waals surface area contributed by atoms with Gasteiger partial charge in [0.25, 0.3) is 11.8 Å². The number of carbonyl (C=O) groups excluding carboxylic acids is 2. The highest BCUT2D eigenvalue weighted by Gasteiger charge is 2.22. The van der Waals surface area contributed by atoms with E-state index in [-0.39, 0.29) is 17.4 Å². The monoisotopic (exact) mass is 493 g/mol. The maximum Gasteiger partial charge on any atom is 0.263 e. The van der Waals surface area contributed by atoms with Gasteiger partial charge in [-0.2, -0.15) is 0 Å². The molecule has 0 radical (unpaired) electrons. The minimum atomic E-state index is -3.81. The lowest BCUT2D eigenvalue weighted by atomic mass is 10.2. The van der Waals surface area contributed by atoms with Gasteiger partial charge in [0.2, 0.25) is 10.0 Å². The van der Waals surface area contributed by atoms with E-state index in [4.69, 9.17) is 26.8 Å². The molecule has 12 heteroatoms. The summed E-state index contributed by atoms with van der Waals surface area (Å²) in [5, 5.41) is 10.2. The second kappa shape index (κ2) is 10.1. The number of ether oxygens (including phenoxy) is 2. The first-order valence-corrected chi connectivity index (χ1v) is 12.0. The molecular formula is C20H19N3O6S3. The summed E-state index contributed by atoms with van der Waals surface area (Å²) in [4.78, 5) is 24.5. The quantitative estimate of drug-likeness (QED) is 0.376. The van der Waals surface area contributed by atoms with E-state index in [1.165, 1.54) is 36.0 Å². The molecule has 1 fully saturated rings. The molecule has 0 spiro atoms. The van der Waals surface area contributed by atoms with Crippen LogP contribution in [0.15, 0.2) is 52.3 Å². The predicted molar refractivity (Wildman–Crippen MR) is 126 cm³/mol. The van der Waals surface area contributed by atoms with E-state index in [1.54, 1.807) is 24.3 Å². The molecule has 32 heavy (non-hydrogen) atoms. The van der Waals surface area contributed by atoms with E-state index in [2.05, 4.69) is 10.6 Å². The average Bonchev–Trinajstić information content (AvgIpc) is 3.04. The number of rotatable bonds is 8. The van der Waals surface area contributed by atoms with Gasteiger partial charge in [-0.05, 0) is 55.0 Å². The SMILES string of the molecule is CCOc1cc(/C=C2\SC(=S)NC2=O)ccc1OCC(=O)Nc1ccc(S(N)(=O)=O)cc1. The summed E-state index contributed by atoms with van der Waals surface area (Å²) < 4.78 is 34.2. The van der Waals surface area contributed by atoms with Crippen LogP contribution in [0.2, 0.25) is 0 Å². The molecule has 1 aliphatic heterocycles. The molecule has 1 aliphatic rings. The zero-order valence-electron chi connectivity index (χ0n) is 16.8. The van der Waals surface area contributed by atoms with Crippen LogP contribution in [-0.4, -0.2) is 37.8 Å². The van der Waals surface area contributed by atoms with Crippen molar-refractivity contribution in [3.63, 3.8) is 0 Å². The Morgan fingerprint density at radius 1 is 1.19 bits per heavy atom. The summed E-state index contributed by atoms with van der Waals surface area (Å²) in [7, 11) is -3.81. The van der Waals surface area contributed by atoms with E-state index >= 15 is 0 Å². The average molecular weight is 494 g/mol. The van der Waals surface area contributed by atoms with Gasteiger partial charge in [0.1, 0.15) is 4.32 Å². The highest BCUT2D eigenvalue weighted by molar-refractivity contribution is 8.26. The van der Waals surface area contributed by atoms with E-state index in [9.17, 15) is 18.0 Å². The van der Waals surface area contributed by atoms with Crippen molar-refractivity contribution in [2.75, 3.05) is 18.5 Å². The number of anilines is 1. The van der Waals surface area contributed by atoms with Gasteiger partial charge < -0.3 is 20.1 Å². The van der Waals surface area contributed by atoms with Crippen LogP contribution in [0.3, 0.4) is 0 Å². The third kappa shape index (κ3) is 6.29. The lowest BCUT2D eigenvalue weighted by Gasteiger charge is -2.13. The molecule has 1 heterocycles. The zero-order valence-corrected chi connectivity index (χ0v) is 19.2. The highest BCUT2D eigenvalue weighted by Crippen LogP contribution is 2.32. The first-order valence-electron chi connectivity index (χ1n) is 9.23. The van der Waals surface area contributed by atoms with Crippen LogP contribution in [0.5, 0.6) is 11.5 Å². The maximum absolute atomic E-state index is 12.2. The Morgan fingerprint density at radius 3 is 2.50 bits per heavy atom. The van der Waals surface area contributed by atoms with Crippen molar-refractivity contribution in [2.45, 2.75) is 11.8 Å². The van der Waals surface area contributed by atoms with Crippen molar-refractivity contribution in [1.82, 2.24) is 5.32 Å². The van der Waals surface area contributed by atoms with Crippen LogP contribution < -0.4 is 25.2 Å². The normalized spacial score (nSPS) is 14.9. The van der Waals surface area contributed by atoms with Gasteiger partial charge in [-0.25, -0.2) is 13.6 Å². The van der Waals surface area contributed by atoms with E-state index in [1.807, 2.05) is 6.92 Å². The number of hydrogen-bond acceptors (Lipinski definition) is 8. The fourth-order valence-electron chi connectivity index (χ4n) is 2.64. The van der Waals surface area contributed by atoms with Gasteiger partial charge in [0.05, 0.1) is 16.4 Å². The lowest BCUT2D eigenvalue weighted by molar-refractivity contribution is -0.118. The van der Waals surface area contributed by atoms with Gasteiger partial charge in [0.15, 0.2) is 18.1 Å². The molecule has 3 rings (SSSR count). The Balaban J connectivity index is 1.66. The molecule has 9 nitrogen and oxygen atoms in total. The minimum absolute atomic E-state index is 0.0570. The largest absolute Gasteiger partial charge is 0.490 e. The molecule has 4 N–H and O–H groups in total. The first kappa shape index (κ1) is 23.7. The van der Waals surface area contributed by atoms with Crippen LogP contribution >= 0.6 is 24.0 Å². The van der Waals surface area contributed by atoms with Gasteiger partial charge in [-0.1, -0.05) is 30.0 Å². The van der Waals surface area contributed by atoms with Crippen molar-refractivity contribution >= 4 is 61.9 Å². The number of thiocarbonyl (C=S) groups is 1. The highest BCUT2D eigenvalue weighted by atomic mass is 32.2. The number of nitrogens with one attached hydrogen (secondary N) is 2. The molecule has 2 amide bonds. The Labute approximate surface area is 194 Å². The van der Waals surface area contributed by atoms with Crippen molar-refractivity contribution in [3.05, 3.63) is 52.9 Å². The summed E-state index contributed by atoms with van der Waals surface area (Å²) in [6, 6.07) is 10.5. The van der Waals surface area contributed by atoms with Gasteiger partial charge in [-0.15, -0.1) is 0 Å². The molecule has 2 aromatic carbocycles. The summed E-state index contributed by atoms with van der Waals surface area (Å²) in [5.41, 5.74) is 1.10. The van der Waals surface area contributed by atoms with E-state index in [0.29, 0.717) is 38.6 Å². The van der Waals surface area contributed by atoms with Crippen molar-refractivity contribution < 1.29 is 27.5 Å². The third-order valence-electron chi connectivity index (χ3n) is 4.03. The van der Waals surface area contributed by atoms with Gasteiger partial charge >= 0.3 is 0 Å². The molecule has 0 saturated carbocycles. The second-order valence-corrected chi connectivity index (χ2v) is 9.68. The Hall–Kier alpha value is -2.93. The summed E-state index contributed by atoms with van der Waals surface area (Å²) in [6.07, 6.45) is 1.68. The number of primary sulfonamides is 1. The van der Waals surface area contributed by atoms with Gasteiger partial charge in [0, 0.05) is 5.69 Å². The Morgan fingerprint density at radius 2 is 1.91 bits per heavy atom. The molecule has 0 aliphatic carbocycles. The molecule has 0 bridgehead atoms. The van der Waals surface area contributed by atoms with Crippen LogP contribution in [-0.2, 0) is 19.6 Å². The number of nitrogens with two attached hydrogens (primary N) is 1. The number of hydrogen-bond donors (Lipinski definition) is 3. The number of thioether (sulfide) groups is 1. The first-order chi connectivity index (χ1) is 15.2. The number of sulfonamides is 1. The summed E-state index contributed by atoms with van der Waals surface area (Å²) in [6.45, 7) is 1.88. The Bertz CT molecular complexity index is 1190.